The molecule has 6 nitrogen and oxygen atoms in total. The summed E-state index contributed by atoms with van der Waals surface area (Å²) in [7, 11) is 5.34. The van der Waals surface area contributed by atoms with Gasteiger partial charge in [-0.15, -0.1) is 0 Å². The first-order valence-corrected chi connectivity index (χ1v) is 10.2. The SMILES string of the molecule is COc1ccccc1N1CC(=O)N(c2ccccc2F)[C@@H](c2ccc(N(C)C)cc2)C1=O. The Morgan fingerprint density at radius 3 is 2.16 bits per heavy atom. The molecule has 0 unspecified atom stereocenters. The molecule has 1 aliphatic heterocycles. The lowest BCUT2D eigenvalue weighted by atomic mass is 9.98. The molecule has 4 rings (SSSR count). The van der Waals surface area contributed by atoms with E-state index in [1.807, 2.05) is 31.1 Å². The number of benzene rings is 3. The summed E-state index contributed by atoms with van der Waals surface area (Å²) in [5, 5.41) is 0. The van der Waals surface area contributed by atoms with Crippen LogP contribution >= 0.6 is 0 Å². The topological polar surface area (TPSA) is 53.1 Å². The van der Waals surface area contributed by atoms with Gasteiger partial charge in [-0.25, -0.2) is 4.39 Å². The molecule has 0 aromatic heterocycles. The van der Waals surface area contributed by atoms with Gasteiger partial charge in [-0.3, -0.25) is 19.4 Å². The number of rotatable bonds is 5. The molecule has 1 fully saturated rings. The molecular formula is C25H24FN3O3. The standard InChI is InChI=1S/C25H24FN3O3/c1-27(2)18-14-12-17(13-15-18)24-25(31)28(21-10-6-7-11-22(21)32-3)16-23(30)29(24)20-9-5-4-8-19(20)26/h4-15,24H,16H2,1-3H3/t24-/m0/s1. The molecule has 0 saturated carbocycles. The number of hydrogen-bond acceptors (Lipinski definition) is 4. The zero-order valence-corrected chi connectivity index (χ0v) is 18.2. The second-order valence-electron chi connectivity index (χ2n) is 7.70. The molecule has 2 amide bonds. The van der Waals surface area contributed by atoms with E-state index in [0.717, 1.165) is 5.69 Å². The number of piperazine rings is 1. The predicted molar refractivity (Wildman–Crippen MR) is 123 cm³/mol. The number of anilines is 3. The molecular weight excluding hydrogens is 409 g/mol. The average molecular weight is 433 g/mol. The molecule has 0 spiro atoms. The van der Waals surface area contributed by atoms with Gasteiger partial charge in [-0.2, -0.15) is 0 Å². The first-order valence-electron chi connectivity index (χ1n) is 10.2. The maximum Gasteiger partial charge on any atom is 0.255 e. The lowest BCUT2D eigenvalue weighted by molar-refractivity contribution is -0.128. The molecule has 0 N–H and O–H groups in total. The Bertz CT molecular complexity index is 1150. The monoisotopic (exact) mass is 433 g/mol. The van der Waals surface area contributed by atoms with Crippen LogP contribution in [-0.4, -0.2) is 39.6 Å². The Morgan fingerprint density at radius 1 is 0.906 bits per heavy atom. The summed E-state index contributed by atoms with van der Waals surface area (Å²) in [6.45, 7) is -0.222. The smallest absolute Gasteiger partial charge is 0.255 e. The lowest BCUT2D eigenvalue weighted by Gasteiger charge is -2.40. The largest absolute Gasteiger partial charge is 0.495 e. The van der Waals surface area contributed by atoms with Crippen molar-refractivity contribution in [1.82, 2.24) is 0 Å². The quantitative estimate of drug-likeness (QED) is 0.610. The van der Waals surface area contributed by atoms with Crippen molar-refractivity contribution < 1.29 is 18.7 Å². The minimum absolute atomic E-state index is 0.0761. The van der Waals surface area contributed by atoms with Gasteiger partial charge in [0.25, 0.3) is 5.91 Å². The van der Waals surface area contributed by atoms with Crippen molar-refractivity contribution in [2.75, 3.05) is 42.4 Å². The first kappa shape index (κ1) is 21.4. The molecule has 0 radical (unpaired) electrons. The Hall–Kier alpha value is -3.87. The fraction of sp³-hybridized carbons (Fsp3) is 0.200. The molecule has 7 heteroatoms. The fourth-order valence-corrected chi connectivity index (χ4v) is 3.91. The number of amides is 2. The molecule has 1 aliphatic rings. The fourth-order valence-electron chi connectivity index (χ4n) is 3.91. The zero-order valence-electron chi connectivity index (χ0n) is 18.2. The van der Waals surface area contributed by atoms with Crippen LogP contribution in [0.5, 0.6) is 5.75 Å². The van der Waals surface area contributed by atoms with Gasteiger partial charge in [-0.05, 0) is 42.0 Å². The molecule has 164 valence electrons. The van der Waals surface area contributed by atoms with Gasteiger partial charge in [0, 0.05) is 19.8 Å². The minimum Gasteiger partial charge on any atom is -0.495 e. The van der Waals surface area contributed by atoms with E-state index < -0.39 is 11.9 Å². The second-order valence-corrected chi connectivity index (χ2v) is 7.70. The van der Waals surface area contributed by atoms with E-state index in [9.17, 15) is 14.0 Å². The molecule has 1 saturated heterocycles. The van der Waals surface area contributed by atoms with Crippen LogP contribution in [0, 0.1) is 5.82 Å². The third kappa shape index (κ3) is 3.77. The third-order valence-corrected chi connectivity index (χ3v) is 5.53. The van der Waals surface area contributed by atoms with E-state index in [4.69, 9.17) is 4.74 Å². The Labute approximate surface area is 186 Å². The van der Waals surface area contributed by atoms with Crippen LogP contribution in [0.2, 0.25) is 0 Å². The van der Waals surface area contributed by atoms with E-state index in [0.29, 0.717) is 17.0 Å². The molecule has 3 aromatic rings. The van der Waals surface area contributed by atoms with Crippen molar-refractivity contribution in [2.24, 2.45) is 0 Å². The summed E-state index contributed by atoms with van der Waals surface area (Å²) in [6, 6.07) is 19.3. The second kappa shape index (κ2) is 8.70. The summed E-state index contributed by atoms with van der Waals surface area (Å²) in [5.74, 6) is -0.804. The van der Waals surface area contributed by atoms with Crippen LogP contribution in [0.3, 0.4) is 0 Å². The average Bonchev–Trinajstić information content (AvgIpc) is 2.80. The number of carbonyl (C=O) groups is 2. The van der Waals surface area contributed by atoms with Crippen molar-refractivity contribution >= 4 is 28.9 Å². The first-order chi connectivity index (χ1) is 15.4. The van der Waals surface area contributed by atoms with Crippen LogP contribution in [-0.2, 0) is 9.59 Å². The zero-order chi connectivity index (χ0) is 22.8. The van der Waals surface area contributed by atoms with Crippen LogP contribution in [0.15, 0.2) is 72.8 Å². The van der Waals surface area contributed by atoms with Gasteiger partial charge in [-0.1, -0.05) is 36.4 Å². The van der Waals surface area contributed by atoms with E-state index in [2.05, 4.69) is 0 Å². The summed E-state index contributed by atoms with van der Waals surface area (Å²) >= 11 is 0. The predicted octanol–water partition coefficient (Wildman–Crippen LogP) is 4.02. The van der Waals surface area contributed by atoms with Crippen LogP contribution in [0.25, 0.3) is 0 Å². The lowest BCUT2D eigenvalue weighted by Crippen LogP contribution is -2.56. The Balaban J connectivity index is 1.84. The van der Waals surface area contributed by atoms with Gasteiger partial charge >= 0.3 is 0 Å². The summed E-state index contributed by atoms with van der Waals surface area (Å²) in [4.78, 5) is 31.8. The van der Waals surface area contributed by atoms with Crippen molar-refractivity contribution in [2.45, 2.75) is 6.04 Å². The van der Waals surface area contributed by atoms with E-state index in [1.165, 1.54) is 29.0 Å². The van der Waals surface area contributed by atoms with Gasteiger partial charge in [0.05, 0.1) is 18.5 Å². The Kier molecular flexibility index (Phi) is 5.81. The minimum atomic E-state index is -1.02. The normalized spacial score (nSPS) is 16.3. The molecule has 1 atom stereocenters. The van der Waals surface area contributed by atoms with E-state index in [1.54, 1.807) is 48.5 Å². The van der Waals surface area contributed by atoms with Crippen molar-refractivity contribution in [3.05, 3.63) is 84.2 Å². The number of para-hydroxylation sites is 3. The van der Waals surface area contributed by atoms with E-state index in [-0.39, 0.29) is 24.0 Å². The maximum atomic E-state index is 14.7. The molecule has 32 heavy (non-hydrogen) atoms. The number of ether oxygens (including phenoxy) is 1. The number of methoxy groups -OCH3 is 1. The summed E-state index contributed by atoms with van der Waals surface area (Å²) in [5.41, 5.74) is 2.11. The highest BCUT2D eigenvalue weighted by Crippen LogP contribution is 2.38. The van der Waals surface area contributed by atoms with Gasteiger partial charge in [0.1, 0.15) is 24.2 Å². The summed E-state index contributed by atoms with van der Waals surface area (Å²) < 4.78 is 20.1. The molecule has 0 aliphatic carbocycles. The Morgan fingerprint density at radius 2 is 1.53 bits per heavy atom. The van der Waals surface area contributed by atoms with Crippen molar-refractivity contribution in [1.29, 1.82) is 0 Å². The molecule has 1 heterocycles. The van der Waals surface area contributed by atoms with E-state index >= 15 is 0 Å². The number of halogens is 1. The van der Waals surface area contributed by atoms with Crippen molar-refractivity contribution in [3.8, 4) is 5.75 Å². The molecule has 0 bridgehead atoms. The maximum absolute atomic E-state index is 14.7. The van der Waals surface area contributed by atoms with Crippen LogP contribution in [0.1, 0.15) is 11.6 Å². The van der Waals surface area contributed by atoms with Crippen LogP contribution in [0.4, 0.5) is 21.5 Å². The summed E-state index contributed by atoms with van der Waals surface area (Å²) in [6.07, 6.45) is 0. The van der Waals surface area contributed by atoms with Crippen molar-refractivity contribution in [3.63, 3.8) is 0 Å². The third-order valence-electron chi connectivity index (χ3n) is 5.53. The number of nitrogens with zero attached hydrogens (tertiary/aromatic N) is 3. The highest BCUT2D eigenvalue weighted by atomic mass is 19.1. The van der Waals surface area contributed by atoms with Gasteiger partial charge < -0.3 is 9.64 Å². The number of hydrogen-bond donors (Lipinski definition) is 0. The van der Waals surface area contributed by atoms with Crippen LogP contribution < -0.4 is 19.4 Å². The van der Waals surface area contributed by atoms with Gasteiger partial charge in [0.2, 0.25) is 5.91 Å². The number of carbonyl (C=O) groups excluding carboxylic acids is 2. The highest BCUT2D eigenvalue weighted by molar-refractivity contribution is 6.15. The highest BCUT2D eigenvalue weighted by Gasteiger charge is 2.43. The molecule has 3 aromatic carbocycles. The van der Waals surface area contributed by atoms with Gasteiger partial charge in [0.15, 0.2) is 0 Å².